The molecule has 1 aliphatic carbocycles. The first-order valence-electron chi connectivity index (χ1n) is 20.0. The molecule has 0 radical (unpaired) electrons. The summed E-state index contributed by atoms with van der Waals surface area (Å²) < 4.78 is 0. The second-order valence-electron chi connectivity index (χ2n) is 14.9. The normalized spacial score (nSPS) is 13.0. The van der Waals surface area contributed by atoms with Crippen LogP contribution in [0.4, 0.5) is 0 Å². The zero-order valence-corrected chi connectivity index (χ0v) is 31.0. The molecule has 1 nitrogen and oxygen atoms in total. The molecule has 0 N–H and O–H groups in total. The fourth-order valence-electron chi connectivity index (χ4n) is 8.73. The van der Waals surface area contributed by atoms with Crippen molar-refractivity contribution < 1.29 is 0 Å². The van der Waals surface area contributed by atoms with E-state index in [4.69, 9.17) is 4.98 Å². The minimum atomic E-state index is 0.0567. The molecule has 0 unspecified atom stereocenters. The molecule has 0 bridgehead atoms. The first kappa shape index (κ1) is 34.9. The molecule has 0 amide bonds. The third-order valence-corrected chi connectivity index (χ3v) is 11.5. The summed E-state index contributed by atoms with van der Waals surface area (Å²) in [6.07, 6.45) is 18.4. The summed E-state index contributed by atoms with van der Waals surface area (Å²) >= 11 is 0. The van der Waals surface area contributed by atoms with Crippen LogP contribution < -0.4 is 0 Å². The Morgan fingerprint density at radius 2 is 0.980 bits per heavy atom. The summed E-state index contributed by atoms with van der Waals surface area (Å²) in [6, 6.07) is 47.3. The molecule has 0 spiro atoms. The summed E-state index contributed by atoms with van der Waals surface area (Å²) in [5, 5.41) is 1.19. The Labute approximate surface area is 307 Å². The fourth-order valence-corrected chi connectivity index (χ4v) is 8.73. The number of hydrogen-bond acceptors (Lipinski definition) is 1. The van der Waals surface area contributed by atoms with Crippen LogP contribution in [0.2, 0.25) is 0 Å². The van der Waals surface area contributed by atoms with E-state index in [1.807, 2.05) is 0 Å². The lowest BCUT2D eigenvalue weighted by molar-refractivity contribution is 0.398. The van der Waals surface area contributed by atoms with Crippen molar-refractivity contribution in [3.05, 3.63) is 139 Å². The number of unbranched alkanes of at least 4 members (excludes halogenated alkanes) is 10. The zero-order valence-electron chi connectivity index (χ0n) is 31.0. The standard InChI is InChI=1S/C50H55N/c1-3-5-7-9-11-21-33-50(34-22-12-10-8-6-4-2)46-28-20-19-27-42(46)43-31-29-41(36-47(43)50)49-37-44(39-25-17-14-18-26-39)45-35-40(30-32-48(45)51-49)38-23-15-13-16-24-38/h13-20,23-32,35-37H,3-12,21-22,33-34H2,1-2H3. The summed E-state index contributed by atoms with van der Waals surface area (Å²) in [5.41, 5.74) is 14.3. The van der Waals surface area contributed by atoms with Crippen LogP contribution in [0.5, 0.6) is 0 Å². The maximum atomic E-state index is 5.40. The number of aromatic nitrogens is 1. The Bertz CT molecular complexity index is 2010. The van der Waals surface area contributed by atoms with Gasteiger partial charge >= 0.3 is 0 Å². The minimum Gasteiger partial charge on any atom is -0.248 e. The SMILES string of the molecule is CCCCCCCCC1(CCCCCCCC)c2ccccc2-c2ccc(-c3cc(-c4ccccc4)c4cc(-c5ccccc5)ccc4n3)cc21. The van der Waals surface area contributed by atoms with E-state index in [2.05, 4.69) is 141 Å². The number of benzene rings is 5. The Morgan fingerprint density at radius 1 is 0.412 bits per heavy atom. The van der Waals surface area contributed by atoms with Crippen LogP contribution in [-0.2, 0) is 5.41 Å². The largest absolute Gasteiger partial charge is 0.248 e. The van der Waals surface area contributed by atoms with Gasteiger partial charge in [0.15, 0.2) is 0 Å². The van der Waals surface area contributed by atoms with Crippen LogP contribution in [-0.4, -0.2) is 4.98 Å². The summed E-state index contributed by atoms with van der Waals surface area (Å²) in [4.78, 5) is 5.40. The van der Waals surface area contributed by atoms with Crippen LogP contribution in [0.3, 0.4) is 0 Å². The van der Waals surface area contributed by atoms with Crippen molar-refractivity contribution in [3.63, 3.8) is 0 Å². The fraction of sp³-hybridized carbons (Fsp3) is 0.340. The highest BCUT2D eigenvalue weighted by Gasteiger charge is 2.42. The molecule has 1 aromatic heterocycles. The lowest BCUT2D eigenvalue weighted by Gasteiger charge is -2.33. The van der Waals surface area contributed by atoms with Gasteiger partial charge in [-0.3, -0.25) is 0 Å². The van der Waals surface area contributed by atoms with Crippen molar-refractivity contribution in [2.75, 3.05) is 0 Å². The van der Waals surface area contributed by atoms with Crippen molar-refractivity contribution in [1.82, 2.24) is 4.98 Å². The van der Waals surface area contributed by atoms with Crippen LogP contribution in [0.1, 0.15) is 115 Å². The Balaban J connectivity index is 1.31. The molecule has 0 saturated carbocycles. The average molecular weight is 670 g/mol. The molecule has 0 aliphatic heterocycles. The van der Waals surface area contributed by atoms with Gasteiger partial charge in [0, 0.05) is 16.4 Å². The van der Waals surface area contributed by atoms with Gasteiger partial charge in [-0.2, -0.15) is 0 Å². The highest BCUT2D eigenvalue weighted by molar-refractivity contribution is 5.99. The Hall–Kier alpha value is -4.49. The number of fused-ring (bicyclic) bond motifs is 4. The molecule has 1 heterocycles. The number of nitrogens with zero attached hydrogens (tertiary/aromatic N) is 1. The minimum absolute atomic E-state index is 0.0567. The molecule has 5 aromatic carbocycles. The molecule has 0 atom stereocenters. The topological polar surface area (TPSA) is 12.9 Å². The third kappa shape index (κ3) is 7.59. The van der Waals surface area contributed by atoms with Gasteiger partial charge in [0.25, 0.3) is 0 Å². The molecule has 51 heavy (non-hydrogen) atoms. The quantitative estimate of drug-likeness (QED) is 0.0881. The van der Waals surface area contributed by atoms with Crippen LogP contribution >= 0.6 is 0 Å². The first-order valence-corrected chi connectivity index (χ1v) is 20.0. The summed E-state index contributed by atoms with van der Waals surface area (Å²) in [5.74, 6) is 0. The van der Waals surface area contributed by atoms with E-state index in [0.717, 1.165) is 11.2 Å². The smallest absolute Gasteiger partial charge is 0.0716 e. The van der Waals surface area contributed by atoms with Gasteiger partial charge in [-0.15, -0.1) is 0 Å². The van der Waals surface area contributed by atoms with E-state index in [0.29, 0.717) is 0 Å². The van der Waals surface area contributed by atoms with E-state index in [-0.39, 0.29) is 5.41 Å². The van der Waals surface area contributed by atoms with Crippen molar-refractivity contribution >= 4 is 10.9 Å². The molecule has 7 rings (SSSR count). The Kier molecular flexibility index (Phi) is 11.4. The molecular formula is C50H55N. The zero-order chi connectivity index (χ0) is 34.9. The highest BCUT2D eigenvalue weighted by atomic mass is 14.7. The molecule has 260 valence electrons. The predicted octanol–water partition coefficient (Wildman–Crippen LogP) is 15.0. The van der Waals surface area contributed by atoms with Gasteiger partial charge in [0.05, 0.1) is 11.2 Å². The lowest BCUT2D eigenvalue weighted by Crippen LogP contribution is -2.25. The van der Waals surface area contributed by atoms with Gasteiger partial charge in [-0.1, -0.05) is 194 Å². The van der Waals surface area contributed by atoms with Gasteiger partial charge in [-0.25, -0.2) is 4.98 Å². The third-order valence-electron chi connectivity index (χ3n) is 11.5. The molecule has 1 heteroatoms. The number of hydrogen-bond donors (Lipinski definition) is 0. The van der Waals surface area contributed by atoms with Gasteiger partial charge in [-0.05, 0) is 81.6 Å². The van der Waals surface area contributed by atoms with E-state index in [1.54, 1.807) is 5.56 Å². The molecular weight excluding hydrogens is 615 g/mol. The van der Waals surface area contributed by atoms with Gasteiger partial charge in [0.1, 0.15) is 0 Å². The number of rotatable bonds is 17. The monoisotopic (exact) mass is 669 g/mol. The molecule has 6 aromatic rings. The maximum Gasteiger partial charge on any atom is 0.0716 e. The average Bonchev–Trinajstić information content (AvgIpc) is 3.46. The number of pyridine rings is 1. The first-order chi connectivity index (χ1) is 25.2. The van der Waals surface area contributed by atoms with Gasteiger partial charge in [0.2, 0.25) is 0 Å². The van der Waals surface area contributed by atoms with E-state index < -0.39 is 0 Å². The van der Waals surface area contributed by atoms with Crippen LogP contribution in [0.25, 0.3) is 55.5 Å². The maximum absolute atomic E-state index is 5.40. The van der Waals surface area contributed by atoms with Crippen molar-refractivity contribution in [1.29, 1.82) is 0 Å². The highest BCUT2D eigenvalue weighted by Crippen LogP contribution is 2.55. The predicted molar refractivity (Wildman–Crippen MR) is 220 cm³/mol. The second-order valence-corrected chi connectivity index (χ2v) is 14.9. The molecule has 1 aliphatic rings. The van der Waals surface area contributed by atoms with Crippen molar-refractivity contribution in [2.45, 2.75) is 109 Å². The van der Waals surface area contributed by atoms with Crippen molar-refractivity contribution in [3.8, 4) is 44.6 Å². The van der Waals surface area contributed by atoms with E-state index in [9.17, 15) is 0 Å². The van der Waals surface area contributed by atoms with E-state index in [1.165, 1.54) is 140 Å². The molecule has 0 fully saturated rings. The van der Waals surface area contributed by atoms with Crippen LogP contribution in [0, 0.1) is 0 Å². The van der Waals surface area contributed by atoms with Crippen molar-refractivity contribution in [2.24, 2.45) is 0 Å². The lowest BCUT2D eigenvalue weighted by atomic mass is 9.70. The summed E-state index contributed by atoms with van der Waals surface area (Å²) in [7, 11) is 0. The Morgan fingerprint density at radius 3 is 1.67 bits per heavy atom. The second kappa shape index (κ2) is 16.7. The molecule has 0 saturated heterocycles. The van der Waals surface area contributed by atoms with E-state index >= 15 is 0 Å². The van der Waals surface area contributed by atoms with Crippen LogP contribution in [0.15, 0.2) is 127 Å². The van der Waals surface area contributed by atoms with Gasteiger partial charge < -0.3 is 0 Å². The summed E-state index contributed by atoms with van der Waals surface area (Å²) in [6.45, 7) is 4.63.